The average Bonchev–Trinajstić information content (AvgIpc) is 3.07. The average molecular weight is 378 g/mol. The first kappa shape index (κ1) is 19.3. The Kier molecular flexibility index (Phi) is 6.85. The number of likely N-dealkylation sites (tertiary alicyclic amines) is 1. The van der Waals surface area contributed by atoms with Gasteiger partial charge in [0, 0.05) is 25.3 Å². The quantitative estimate of drug-likeness (QED) is 0.347. The summed E-state index contributed by atoms with van der Waals surface area (Å²) in [6.45, 7) is 7.67. The highest BCUT2D eigenvalue weighted by Crippen LogP contribution is 2.13. The van der Waals surface area contributed by atoms with E-state index in [2.05, 4.69) is 31.1 Å². The Bertz CT molecular complexity index is 657. The highest BCUT2D eigenvalue weighted by molar-refractivity contribution is 7.79. The van der Waals surface area contributed by atoms with Crippen molar-refractivity contribution in [3.63, 3.8) is 0 Å². The van der Waals surface area contributed by atoms with Crippen LogP contribution in [-0.2, 0) is 9.47 Å². The minimum Gasteiger partial charge on any atom is -0.418 e. The molecule has 7 heteroatoms. The Balaban J connectivity index is 2.01. The summed E-state index contributed by atoms with van der Waals surface area (Å²) < 4.78 is 16.3. The standard InChI is InChI=1S/C18H23NO4SSi/c1-25(2,3)14-11-16(22-17(20)19-12-7-8-13-19)23-18(24)21-15-9-5-4-6-10-15/h4-6,9-10,16H,7-8,12-13H2,1-3H3. The molecule has 1 fully saturated rings. The Morgan fingerprint density at radius 3 is 2.40 bits per heavy atom. The minimum atomic E-state index is -1.66. The van der Waals surface area contributed by atoms with Gasteiger partial charge in [-0.15, -0.1) is 5.54 Å². The van der Waals surface area contributed by atoms with Gasteiger partial charge in [-0.1, -0.05) is 37.8 Å². The fraction of sp³-hybridized carbons (Fsp3) is 0.444. The van der Waals surface area contributed by atoms with Gasteiger partial charge in [0.05, 0.1) is 0 Å². The SMILES string of the molecule is C[Si](C)(C)C#CC(OC(=O)N1CCCC1)OC(=S)Oc1ccccc1. The minimum absolute atomic E-state index is 0.129. The van der Waals surface area contributed by atoms with E-state index in [1.807, 2.05) is 18.2 Å². The van der Waals surface area contributed by atoms with Gasteiger partial charge in [-0.05, 0) is 30.9 Å². The van der Waals surface area contributed by atoms with E-state index in [0.717, 1.165) is 12.8 Å². The molecule has 25 heavy (non-hydrogen) atoms. The topological polar surface area (TPSA) is 48.0 Å². The van der Waals surface area contributed by atoms with Crippen LogP contribution < -0.4 is 4.74 Å². The summed E-state index contributed by atoms with van der Waals surface area (Å²) in [5.41, 5.74) is 3.14. The number of carbonyl (C=O) groups excluding carboxylic acids is 1. The van der Waals surface area contributed by atoms with Gasteiger partial charge >= 0.3 is 17.6 Å². The second kappa shape index (κ2) is 8.88. The van der Waals surface area contributed by atoms with E-state index in [4.69, 9.17) is 26.4 Å². The summed E-state index contributed by atoms with van der Waals surface area (Å²) in [4.78, 5) is 13.8. The van der Waals surface area contributed by atoms with Crippen molar-refractivity contribution >= 4 is 31.6 Å². The first-order valence-corrected chi connectivity index (χ1v) is 12.2. The molecule has 134 valence electrons. The van der Waals surface area contributed by atoms with Gasteiger partial charge in [0.2, 0.25) is 0 Å². The van der Waals surface area contributed by atoms with Gasteiger partial charge in [-0.25, -0.2) is 4.79 Å². The van der Waals surface area contributed by atoms with E-state index in [0.29, 0.717) is 18.8 Å². The van der Waals surface area contributed by atoms with Crippen LogP contribution in [0.2, 0.25) is 19.6 Å². The molecule has 1 saturated heterocycles. The zero-order chi connectivity index (χ0) is 18.3. The summed E-state index contributed by atoms with van der Waals surface area (Å²) in [5.74, 6) is 3.43. The summed E-state index contributed by atoms with van der Waals surface area (Å²) in [6, 6.07) is 9.04. The molecule has 1 aliphatic rings. The lowest BCUT2D eigenvalue weighted by atomic mass is 10.3. The maximum Gasteiger partial charge on any atom is 0.413 e. The van der Waals surface area contributed by atoms with Crippen LogP contribution in [0.15, 0.2) is 30.3 Å². The Morgan fingerprint density at radius 2 is 1.80 bits per heavy atom. The van der Waals surface area contributed by atoms with Crippen LogP contribution in [0.4, 0.5) is 4.79 Å². The predicted molar refractivity (Wildman–Crippen MR) is 103 cm³/mol. The number of amides is 1. The third-order valence-corrected chi connectivity index (χ3v) is 4.36. The molecule has 1 unspecified atom stereocenters. The largest absolute Gasteiger partial charge is 0.418 e. The van der Waals surface area contributed by atoms with Gasteiger partial charge < -0.3 is 19.1 Å². The Labute approximate surface area is 155 Å². The van der Waals surface area contributed by atoms with Gasteiger partial charge in [-0.2, -0.15) is 0 Å². The molecular weight excluding hydrogens is 354 g/mol. The summed E-state index contributed by atoms with van der Waals surface area (Å²) in [5, 5.41) is -0.129. The van der Waals surface area contributed by atoms with E-state index in [1.165, 1.54) is 0 Å². The van der Waals surface area contributed by atoms with Crippen molar-refractivity contribution in [3.8, 4) is 17.2 Å². The third kappa shape index (κ3) is 7.16. The van der Waals surface area contributed by atoms with Crippen molar-refractivity contribution < 1.29 is 19.0 Å². The van der Waals surface area contributed by atoms with E-state index in [9.17, 15) is 4.79 Å². The van der Waals surface area contributed by atoms with Gasteiger partial charge in [0.25, 0.3) is 0 Å². The monoisotopic (exact) mass is 377 g/mol. The molecule has 1 heterocycles. The van der Waals surface area contributed by atoms with Crippen molar-refractivity contribution in [2.45, 2.75) is 38.8 Å². The maximum atomic E-state index is 12.2. The maximum absolute atomic E-state index is 12.2. The summed E-state index contributed by atoms with van der Waals surface area (Å²) in [6.07, 6.45) is 0.457. The van der Waals surface area contributed by atoms with Crippen molar-refractivity contribution in [3.05, 3.63) is 30.3 Å². The van der Waals surface area contributed by atoms with Crippen LogP contribution in [0.1, 0.15) is 12.8 Å². The molecule has 0 aliphatic carbocycles. The second-order valence-corrected chi connectivity index (χ2v) is 11.8. The summed E-state index contributed by atoms with van der Waals surface area (Å²) >= 11 is 5.10. The third-order valence-electron chi connectivity index (χ3n) is 3.28. The molecule has 0 spiro atoms. The molecule has 2 rings (SSSR count). The first-order chi connectivity index (χ1) is 11.8. The molecule has 0 saturated carbocycles. The van der Waals surface area contributed by atoms with Gasteiger partial charge in [-0.3, -0.25) is 0 Å². The number of para-hydroxylation sites is 1. The van der Waals surface area contributed by atoms with Crippen LogP contribution in [0.3, 0.4) is 0 Å². The fourth-order valence-corrected chi connectivity index (χ4v) is 2.85. The van der Waals surface area contributed by atoms with Crippen LogP contribution in [0.5, 0.6) is 5.75 Å². The molecule has 1 amide bonds. The Hall–Kier alpha value is -2.04. The van der Waals surface area contributed by atoms with Crippen molar-refractivity contribution in [2.24, 2.45) is 0 Å². The van der Waals surface area contributed by atoms with E-state index in [-0.39, 0.29) is 5.24 Å². The molecule has 1 aliphatic heterocycles. The lowest BCUT2D eigenvalue weighted by Gasteiger charge is -2.20. The fourth-order valence-electron chi connectivity index (χ4n) is 2.12. The number of ether oxygens (including phenoxy) is 3. The summed E-state index contributed by atoms with van der Waals surface area (Å²) in [7, 11) is -1.66. The molecule has 5 nitrogen and oxygen atoms in total. The molecule has 0 radical (unpaired) electrons. The molecule has 1 aromatic carbocycles. The van der Waals surface area contributed by atoms with E-state index in [1.54, 1.807) is 17.0 Å². The van der Waals surface area contributed by atoms with E-state index < -0.39 is 20.5 Å². The molecule has 0 aromatic heterocycles. The van der Waals surface area contributed by atoms with Crippen LogP contribution >= 0.6 is 12.2 Å². The zero-order valence-electron chi connectivity index (χ0n) is 14.8. The highest BCUT2D eigenvalue weighted by Gasteiger charge is 2.24. The van der Waals surface area contributed by atoms with Crippen molar-refractivity contribution in [1.29, 1.82) is 0 Å². The number of rotatable bonds is 3. The van der Waals surface area contributed by atoms with Crippen LogP contribution in [-0.4, -0.2) is 43.7 Å². The van der Waals surface area contributed by atoms with Crippen LogP contribution in [0.25, 0.3) is 0 Å². The normalized spacial score (nSPS) is 14.9. The lowest BCUT2D eigenvalue weighted by molar-refractivity contribution is -0.0215. The first-order valence-electron chi connectivity index (χ1n) is 8.25. The van der Waals surface area contributed by atoms with E-state index >= 15 is 0 Å². The lowest BCUT2D eigenvalue weighted by Crippen LogP contribution is -2.34. The molecule has 0 N–H and O–H groups in total. The molecular formula is C18H23NO4SSi. The molecule has 1 aromatic rings. The number of benzene rings is 1. The highest BCUT2D eigenvalue weighted by atomic mass is 32.1. The van der Waals surface area contributed by atoms with Crippen LogP contribution in [0, 0.1) is 11.5 Å². The predicted octanol–water partition coefficient (Wildman–Crippen LogP) is 3.81. The van der Waals surface area contributed by atoms with Crippen molar-refractivity contribution in [1.82, 2.24) is 4.90 Å². The number of nitrogens with zero attached hydrogens (tertiary/aromatic N) is 1. The number of carbonyl (C=O) groups is 1. The number of hydrogen-bond donors (Lipinski definition) is 0. The molecule has 0 bridgehead atoms. The molecule has 1 atom stereocenters. The second-order valence-electron chi connectivity index (χ2n) is 6.71. The Morgan fingerprint density at radius 1 is 1.16 bits per heavy atom. The van der Waals surface area contributed by atoms with Crippen molar-refractivity contribution in [2.75, 3.05) is 13.1 Å². The van der Waals surface area contributed by atoms with Gasteiger partial charge in [0.15, 0.2) is 0 Å². The number of hydrogen-bond acceptors (Lipinski definition) is 5. The van der Waals surface area contributed by atoms with Gasteiger partial charge in [0.1, 0.15) is 13.8 Å². The zero-order valence-corrected chi connectivity index (χ0v) is 16.6. The number of thiocarbonyl (C=S) groups is 1. The smallest absolute Gasteiger partial charge is 0.413 e.